The van der Waals surface area contributed by atoms with Crippen LogP contribution in [0.4, 0.5) is 0 Å². The van der Waals surface area contributed by atoms with E-state index in [-0.39, 0.29) is 36.2 Å². The van der Waals surface area contributed by atoms with Crippen molar-refractivity contribution in [3.05, 3.63) is 55.8 Å². The standard InChI is InChI=1S/C7H7.3CO.Cr.Li/c1-7-5-3-2-4-6-7;3*1-2;;/h2-3,5-6H,1H3;;;;;/q-1;;;;;+1. The average molecular weight is 234 g/mol. The minimum atomic E-state index is 0. The van der Waals surface area contributed by atoms with Gasteiger partial charge in [-0.2, -0.15) is 35.9 Å². The van der Waals surface area contributed by atoms with Gasteiger partial charge in [0.2, 0.25) is 0 Å². The zero-order valence-electron chi connectivity index (χ0n) is 8.44. The molecule has 1 rings (SSSR count). The first-order valence-electron chi connectivity index (χ1n) is 2.93. The fourth-order valence-electron chi connectivity index (χ4n) is 0.483. The topological polar surface area (TPSA) is 59.7 Å². The van der Waals surface area contributed by atoms with Crippen LogP contribution in [0.5, 0.6) is 0 Å². The molecule has 1 aromatic rings. The molecule has 0 amide bonds. The number of aryl methyl sites for hydroxylation is 1. The van der Waals surface area contributed by atoms with Gasteiger partial charge in [0.05, 0.1) is 0 Å². The molecule has 0 aliphatic rings. The van der Waals surface area contributed by atoms with Crippen LogP contribution in [0.2, 0.25) is 0 Å². The van der Waals surface area contributed by atoms with E-state index in [1.165, 1.54) is 5.56 Å². The molecule has 0 aromatic heterocycles. The minimum Gasteiger partial charge on any atom is 0 e. The van der Waals surface area contributed by atoms with Crippen LogP contribution >= 0.6 is 0 Å². The fraction of sp³-hybridized carbons (Fsp3) is 0.100. The van der Waals surface area contributed by atoms with Gasteiger partial charge in [0.15, 0.2) is 0 Å². The van der Waals surface area contributed by atoms with Crippen molar-refractivity contribution in [2.75, 3.05) is 0 Å². The van der Waals surface area contributed by atoms with Crippen molar-refractivity contribution < 1.29 is 50.2 Å². The van der Waals surface area contributed by atoms with Crippen LogP contribution in [0.3, 0.4) is 0 Å². The molecule has 0 bridgehead atoms. The molecule has 15 heavy (non-hydrogen) atoms. The summed E-state index contributed by atoms with van der Waals surface area (Å²) >= 11 is 0. The summed E-state index contributed by atoms with van der Waals surface area (Å²) in [6.07, 6.45) is 0. The predicted molar refractivity (Wildman–Crippen MR) is 41.8 cm³/mol. The Labute approximate surface area is 113 Å². The summed E-state index contributed by atoms with van der Waals surface area (Å²) in [7, 11) is 0. The van der Waals surface area contributed by atoms with Gasteiger partial charge in [0.1, 0.15) is 0 Å². The van der Waals surface area contributed by atoms with E-state index in [9.17, 15) is 0 Å². The molecule has 0 N–H and O–H groups in total. The van der Waals surface area contributed by atoms with Gasteiger partial charge in [-0.3, -0.25) is 0 Å². The van der Waals surface area contributed by atoms with Gasteiger partial charge in [-0.15, -0.1) is 0 Å². The zero-order chi connectivity index (χ0) is 11.1. The third-order valence-corrected chi connectivity index (χ3v) is 0.863. The third-order valence-electron chi connectivity index (χ3n) is 0.863. The molecule has 0 saturated heterocycles. The molecule has 0 heterocycles. The van der Waals surface area contributed by atoms with Gasteiger partial charge < -0.3 is 0 Å². The van der Waals surface area contributed by atoms with Gasteiger partial charge >= 0.3 is 52.8 Å². The zero-order valence-corrected chi connectivity index (χ0v) is 9.72. The van der Waals surface area contributed by atoms with E-state index in [0.717, 1.165) is 0 Å². The molecule has 5 heteroatoms. The second kappa shape index (κ2) is 37.4. The maximum absolute atomic E-state index is 7.50. The Morgan fingerprint density at radius 2 is 1.47 bits per heavy atom. The van der Waals surface area contributed by atoms with Crippen LogP contribution in [-0.2, 0) is 31.3 Å². The molecule has 3 nitrogen and oxygen atoms in total. The fourth-order valence-corrected chi connectivity index (χ4v) is 0.483. The molecule has 0 spiro atoms. The summed E-state index contributed by atoms with van der Waals surface area (Å²) in [6, 6.07) is 10.8. The van der Waals surface area contributed by atoms with E-state index in [4.69, 9.17) is 14.0 Å². The SMILES string of the molecule is Cc1c[c-]ccc1.[C-]#[O+].[C-]#[O+].[C-]#[O+].[Cr].[Li+]. The van der Waals surface area contributed by atoms with E-state index >= 15 is 0 Å². The predicted octanol–water partition coefficient (Wildman–Crippen LogP) is -1.32. The second-order valence-electron chi connectivity index (χ2n) is 1.58. The summed E-state index contributed by atoms with van der Waals surface area (Å²) in [5.74, 6) is 0. The summed E-state index contributed by atoms with van der Waals surface area (Å²) in [5, 5.41) is 0. The van der Waals surface area contributed by atoms with Crippen molar-refractivity contribution in [1.82, 2.24) is 0 Å². The van der Waals surface area contributed by atoms with Gasteiger partial charge in [0, 0.05) is 17.4 Å². The Morgan fingerprint density at radius 1 is 1.07 bits per heavy atom. The molecule has 0 aliphatic heterocycles. The quantitative estimate of drug-likeness (QED) is 0.304. The molecule has 0 unspecified atom stereocenters. The molecule has 0 aliphatic carbocycles. The second-order valence-corrected chi connectivity index (χ2v) is 1.58. The Balaban J connectivity index is -0.0000000369. The molecule has 0 saturated carbocycles. The summed E-state index contributed by atoms with van der Waals surface area (Å²) in [4.78, 5) is 0. The van der Waals surface area contributed by atoms with E-state index in [1.54, 1.807) is 0 Å². The van der Waals surface area contributed by atoms with Crippen molar-refractivity contribution >= 4 is 0 Å². The van der Waals surface area contributed by atoms with Crippen LogP contribution in [0, 0.1) is 32.9 Å². The van der Waals surface area contributed by atoms with Gasteiger partial charge in [-0.25, -0.2) is 0 Å². The number of hydrogen-bond acceptors (Lipinski definition) is 0. The first kappa shape index (κ1) is 29.3. The smallest absolute Gasteiger partial charge is 0 e. The van der Waals surface area contributed by atoms with Gasteiger partial charge in [-0.1, -0.05) is 6.92 Å². The van der Waals surface area contributed by atoms with Gasteiger partial charge in [-0.05, 0) is 0 Å². The summed E-state index contributed by atoms with van der Waals surface area (Å²) in [6.45, 7) is 15.6. The van der Waals surface area contributed by atoms with Crippen molar-refractivity contribution in [2.45, 2.75) is 6.92 Å². The molecule has 0 atom stereocenters. The number of benzene rings is 1. The Morgan fingerprint density at radius 3 is 1.60 bits per heavy atom. The molecule has 0 radical (unpaired) electrons. The Kier molecular flexibility index (Phi) is 73.1. The molecular formula is C10H7CrLiO3. The van der Waals surface area contributed by atoms with Crippen LogP contribution in [-0.4, -0.2) is 0 Å². The van der Waals surface area contributed by atoms with Crippen LogP contribution in [0.25, 0.3) is 0 Å². The van der Waals surface area contributed by atoms with Crippen molar-refractivity contribution in [3.63, 3.8) is 0 Å². The normalized spacial score (nSPS) is 4.47. The average Bonchev–Trinajstić information content (AvgIpc) is 2.28. The van der Waals surface area contributed by atoms with E-state index in [2.05, 4.69) is 39.0 Å². The van der Waals surface area contributed by atoms with Crippen LogP contribution in [0.15, 0.2) is 24.3 Å². The summed E-state index contributed by atoms with van der Waals surface area (Å²) < 4.78 is 22.5. The monoisotopic (exact) mass is 234 g/mol. The number of rotatable bonds is 0. The van der Waals surface area contributed by atoms with Gasteiger partial charge in [0.25, 0.3) is 0 Å². The molecular weight excluding hydrogens is 227 g/mol. The largest absolute Gasteiger partial charge is 1.00 e. The maximum Gasteiger partial charge on any atom is 1.00 e. The van der Waals surface area contributed by atoms with Crippen LogP contribution in [0.1, 0.15) is 5.56 Å². The third kappa shape index (κ3) is 31.7. The van der Waals surface area contributed by atoms with Crippen LogP contribution < -0.4 is 18.9 Å². The van der Waals surface area contributed by atoms with E-state index in [0.29, 0.717) is 0 Å². The minimum absolute atomic E-state index is 0. The van der Waals surface area contributed by atoms with E-state index < -0.39 is 0 Å². The first-order valence-corrected chi connectivity index (χ1v) is 2.93. The Bertz CT molecular complexity index is 230. The van der Waals surface area contributed by atoms with Crippen molar-refractivity contribution in [3.8, 4) is 0 Å². The molecule has 1 aromatic carbocycles. The first-order chi connectivity index (χ1) is 6.39. The number of hydrogen-bond donors (Lipinski definition) is 0. The maximum atomic E-state index is 7.50. The van der Waals surface area contributed by atoms with E-state index in [1.807, 2.05) is 18.2 Å². The molecule has 72 valence electrons. The molecule has 0 fully saturated rings. The van der Waals surface area contributed by atoms with Crippen molar-refractivity contribution in [2.24, 2.45) is 0 Å². The van der Waals surface area contributed by atoms with Crippen molar-refractivity contribution in [1.29, 1.82) is 0 Å². The summed E-state index contributed by atoms with van der Waals surface area (Å²) in [5.41, 5.74) is 1.27. The Hall–Kier alpha value is -0.430.